The standard InChI is InChI=1S/C22H19F3N2O3/c23-22(24,25)15-7-8-16-14(4-2-10-30-18(16)12-15)11-20(29)26-17-5-1-3-13-6-9-19(28)27-21(13)17/h1,3,5,7-8,11-12H,2,4,6,9-10H2,(H,26,29)(H,27,28). The van der Waals surface area contributed by atoms with Crippen molar-refractivity contribution in [1.29, 1.82) is 0 Å². The Morgan fingerprint density at radius 3 is 2.77 bits per heavy atom. The Balaban J connectivity index is 1.61. The maximum absolute atomic E-state index is 13.0. The third kappa shape index (κ3) is 4.17. The number of ether oxygens (including phenoxy) is 1. The lowest BCUT2D eigenvalue weighted by Crippen LogP contribution is -2.21. The molecule has 156 valence electrons. The van der Waals surface area contributed by atoms with Gasteiger partial charge in [0.05, 0.1) is 23.5 Å². The van der Waals surface area contributed by atoms with Crippen LogP contribution in [0.15, 0.2) is 42.5 Å². The van der Waals surface area contributed by atoms with Crippen LogP contribution in [0.4, 0.5) is 24.5 Å². The van der Waals surface area contributed by atoms with Crippen molar-refractivity contribution in [2.75, 3.05) is 17.2 Å². The number of rotatable bonds is 2. The van der Waals surface area contributed by atoms with Gasteiger partial charge in [0.1, 0.15) is 5.75 Å². The maximum atomic E-state index is 13.0. The number of alkyl halides is 3. The van der Waals surface area contributed by atoms with Crippen LogP contribution in [-0.4, -0.2) is 18.4 Å². The number of hydrogen-bond donors (Lipinski definition) is 2. The Hall–Kier alpha value is -3.29. The molecule has 0 fully saturated rings. The molecule has 2 aromatic carbocycles. The molecular formula is C22H19F3N2O3. The second-order valence-electron chi connectivity index (χ2n) is 7.21. The number of allylic oxidation sites excluding steroid dienone is 1. The highest BCUT2D eigenvalue weighted by Gasteiger charge is 2.32. The van der Waals surface area contributed by atoms with Gasteiger partial charge >= 0.3 is 6.18 Å². The average molecular weight is 416 g/mol. The highest BCUT2D eigenvalue weighted by atomic mass is 19.4. The molecule has 4 rings (SSSR count). The lowest BCUT2D eigenvalue weighted by atomic mass is 9.98. The largest absolute Gasteiger partial charge is 0.493 e. The second-order valence-corrected chi connectivity index (χ2v) is 7.21. The Kier molecular flexibility index (Phi) is 5.24. The summed E-state index contributed by atoms with van der Waals surface area (Å²) in [6.07, 6.45) is -1.03. The van der Waals surface area contributed by atoms with Gasteiger partial charge in [-0.05, 0) is 48.6 Å². The number of amides is 2. The van der Waals surface area contributed by atoms with Gasteiger partial charge in [-0.25, -0.2) is 0 Å². The Bertz CT molecular complexity index is 1040. The molecule has 0 unspecified atom stereocenters. The first-order valence-corrected chi connectivity index (χ1v) is 9.59. The fraction of sp³-hybridized carbons (Fsp3) is 0.273. The molecule has 2 aliphatic heterocycles. The molecule has 2 N–H and O–H groups in total. The van der Waals surface area contributed by atoms with Crippen LogP contribution >= 0.6 is 0 Å². The van der Waals surface area contributed by atoms with Gasteiger partial charge in [-0.1, -0.05) is 18.2 Å². The zero-order valence-electron chi connectivity index (χ0n) is 15.9. The van der Waals surface area contributed by atoms with E-state index in [2.05, 4.69) is 10.6 Å². The first kappa shape index (κ1) is 20.0. The summed E-state index contributed by atoms with van der Waals surface area (Å²) in [6.45, 7) is 0.269. The van der Waals surface area contributed by atoms with Crippen LogP contribution in [0.5, 0.6) is 5.75 Å². The molecule has 0 saturated carbocycles. The number of hydrogen-bond acceptors (Lipinski definition) is 3. The fourth-order valence-corrected chi connectivity index (χ4v) is 3.65. The number of fused-ring (bicyclic) bond motifs is 2. The van der Waals surface area contributed by atoms with E-state index < -0.39 is 17.6 Å². The fourth-order valence-electron chi connectivity index (χ4n) is 3.65. The zero-order chi connectivity index (χ0) is 21.3. The van der Waals surface area contributed by atoms with Gasteiger partial charge in [0.2, 0.25) is 11.8 Å². The van der Waals surface area contributed by atoms with Crippen LogP contribution in [0.3, 0.4) is 0 Å². The smallest absolute Gasteiger partial charge is 0.416 e. The summed E-state index contributed by atoms with van der Waals surface area (Å²) >= 11 is 0. The van der Waals surface area contributed by atoms with Crippen LogP contribution in [0.25, 0.3) is 5.57 Å². The minimum Gasteiger partial charge on any atom is -0.493 e. The summed E-state index contributed by atoms with van der Waals surface area (Å²) < 4.78 is 44.5. The van der Waals surface area contributed by atoms with Gasteiger partial charge in [-0.3, -0.25) is 9.59 Å². The quantitative estimate of drug-likeness (QED) is 0.692. The van der Waals surface area contributed by atoms with E-state index in [9.17, 15) is 22.8 Å². The summed E-state index contributed by atoms with van der Waals surface area (Å²) in [5, 5.41) is 5.56. The van der Waals surface area contributed by atoms with Crippen LogP contribution < -0.4 is 15.4 Å². The molecular weight excluding hydrogens is 397 g/mol. The topological polar surface area (TPSA) is 67.4 Å². The maximum Gasteiger partial charge on any atom is 0.416 e. The van der Waals surface area contributed by atoms with Gasteiger partial charge in [-0.2, -0.15) is 13.2 Å². The summed E-state index contributed by atoms with van der Waals surface area (Å²) in [6, 6.07) is 8.68. The van der Waals surface area contributed by atoms with Crippen molar-refractivity contribution in [3.05, 3.63) is 59.2 Å². The molecule has 0 atom stereocenters. The molecule has 2 aromatic rings. The molecule has 0 spiro atoms. The lowest BCUT2D eigenvalue weighted by Gasteiger charge is -2.20. The Labute approximate surface area is 170 Å². The van der Waals surface area contributed by atoms with E-state index in [-0.39, 0.29) is 18.3 Å². The third-order valence-electron chi connectivity index (χ3n) is 5.10. The van der Waals surface area contributed by atoms with Crippen molar-refractivity contribution in [3.63, 3.8) is 0 Å². The second kappa shape index (κ2) is 7.85. The number of carbonyl (C=O) groups is 2. The van der Waals surface area contributed by atoms with Gasteiger partial charge < -0.3 is 15.4 Å². The van der Waals surface area contributed by atoms with E-state index >= 15 is 0 Å². The van der Waals surface area contributed by atoms with E-state index in [0.717, 1.165) is 17.7 Å². The molecule has 2 amide bonds. The van der Waals surface area contributed by atoms with Crippen molar-refractivity contribution in [2.45, 2.75) is 31.9 Å². The number of halogens is 3. The number of carbonyl (C=O) groups excluding carboxylic acids is 2. The average Bonchev–Trinajstić information content (AvgIpc) is 2.89. The molecule has 0 saturated heterocycles. The minimum absolute atomic E-state index is 0.113. The molecule has 8 heteroatoms. The molecule has 2 aliphatic rings. The Morgan fingerprint density at radius 1 is 1.13 bits per heavy atom. The van der Waals surface area contributed by atoms with Crippen LogP contribution in [0.1, 0.15) is 36.0 Å². The number of nitrogens with one attached hydrogen (secondary N) is 2. The van der Waals surface area contributed by atoms with E-state index in [1.807, 2.05) is 6.07 Å². The van der Waals surface area contributed by atoms with Crippen molar-refractivity contribution in [1.82, 2.24) is 0 Å². The molecule has 30 heavy (non-hydrogen) atoms. The lowest BCUT2D eigenvalue weighted by molar-refractivity contribution is -0.137. The number of anilines is 2. The van der Waals surface area contributed by atoms with E-state index in [4.69, 9.17) is 4.74 Å². The molecule has 0 aromatic heterocycles. The SMILES string of the molecule is O=C(C=C1CCCOc2cc(C(F)(F)F)ccc21)Nc1cccc2c1NC(=O)CC2. The first-order chi connectivity index (χ1) is 14.3. The van der Waals surface area contributed by atoms with Crippen LogP contribution in [0.2, 0.25) is 0 Å². The summed E-state index contributed by atoms with van der Waals surface area (Å²) in [5.41, 5.74) is 2.29. The minimum atomic E-state index is -4.47. The number of aryl methyl sites for hydroxylation is 1. The van der Waals surface area contributed by atoms with Gasteiger partial charge in [0.25, 0.3) is 0 Å². The van der Waals surface area contributed by atoms with Gasteiger partial charge in [0.15, 0.2) is 0 Å². The van der Waals surface area contributed by atoms with Crippen molar-refractivity contribution in [2.24, 2.45) is 0 Å². The van der Waals surface area contributed by atoms with Crippen molar-refractivity contribution < 1.29 is 27.5 Å². The first-order valence-electron chi connectivity index (χ1n) is 9.59. The normalized spacial score (nSPS) is 17.3. The predicted octanol–water partition coefficient (Wildman–Crippen LogP) is 4.78. The van der Waals surface area contributed by atoms with Gasteiger partial charge in [0, 0.05) is 18.1 Å². The number of benzene rings is 2. The molecule has 0 aliphatic carbocycles. The van der Waals surface area contributed by atoms with Gasteiger partial charge in [-0.15, -0.1) is 0 Å². The summed E-state index contributed by atoms with van der Waals surface area (Å²) in [5.74, 6) is -0.422. The highest BCUT2D eigenvalue weighted by Crippen LogP contribution is 2.38. The summed E-state index contributed by atoms with van der Waals surface area (Å²) in [4.78, 5) is 24.4. The van der Waals surface area contributed by atoms with E-state index in [1.54, 1.807) is 12.1 Å². The van der Waals surface area contributed by atoms with Crippen molar-refractivity contribution in [3.8, 4) is 5.75 Å². The van der Waals surface area contributed by atoms with Crippen molar-refractivity contribution >= 4 is 28.8 Å². The molecule has 2 heterocycles. The van der Waals surface area contributed by atoms with E-state index in [1.165, 1.54) is 12.1 Å². The van der Waals surface area contributed by atoms with E-state index in [0.29, 0.717) is 48.2 Å². The molecule has 0 bridgehead atoms. The number of para-hydroxylation sites is 1. The monoisotopic (exact) mass is 416 g/mol. The predicted molar refractivity (Wildman–Crippen MR) is 106 cm³/mol. The zero-order valence-corrected chi connectivity index (χ0v) is 15.9. The Morgan fingerprint density at radius 2 is 1.97 bits per heavy atom. The third-order valence-corrected chi connectivity index (χ3v) is 5.10. The summed E-state index contributed by atoms with van der Waals surface area (Å²) in [7, 11) is 0. The van der Waals surface area contributed by atoms with Crippen LogP contribution in [0, 0.1) is 0 Å². The molecule has 0 radical (unpaired) electrons. The molecule has 5 nitrogen and oxygen atoms in total. The highest BCUT2D eigenvalue weighted by molar-refractivity contribution is 6.08. The van der Waals surface area contributed by atoms with Crippen LogP contribution in [-0.2, 0) is 22.2 Å².